The van der Waals surface area contributed by atoms with Gasteiger partial charge in [0.1, 0.15) is 24.4 Å². The van der Waals surface area contributed by atoms with Gasteiger partial charge in [-0.3, -0.25) is 19.1 Å². The molecule has 11 heteroatoms. The number of carboxylic acids is 1. The molecule has 28 heavy (non-hydrogen) atoms. The second-order valence-corrected chi connectivity index (χ2v) is 7.34. The zero-order valence-corrected chi connectivity index (χ0v) is 16.7. The second kappa shape index (κ2) is 8.72. The highest BCUT2D eigenvalue weighted by molar-refractivity contribution is 5.84. The van der Waals surface area contributed by atoms with Crippen molar-refractivity contribution in [2.75, 3.05) is 0 Å². The summed E-state index contributed by atoms with van der Waals surface area (Å²) in [5, 5.41) is 11.7. The molecule has 0 aromatic carbocycles. The Kier molecular flexibility index (Phi) is 7.14. The largest absolute Gasteiger partial charge is 0.480 e. The Balaban J connectivity index is 3.10. The van der Waals surface area contributed by atoms with Crippen LogP contribution in [0, 0.1) is 6.92 Å². The molecule has 156 valence electrons. The number of carbonyl (C=O) groups is 3. The van der Waals surface area contributed by atoms with E-state index in [1.165, 1.54) is 27.0 Å². The van der Waals surface area contributed by atoms with Crippen LogP contribution in [0.2, 0.25) is 0 Å². The summed E-state index contributed by atoms with van der Waals surface area (Å²) >= 11 is 0. The van der Waals surface area contributed by atoms with E-state index in [0.29, 0.717) is 0 Å². The van der Waals surface area contributed by atoms with Crippen molar-refractivity contribution in [3.63, 3.8) is 0 Å². The van der Waals surface area contributed by atoms with Crippen LogP contribution in [-0.2, 0) is 20.9 Å². The minimum Gasteiger partial charge on any atom is -0.480 e. The minimum atomic E-state index is -1.30. The van der Waals surface area contributed by atoms with Gasteiger partial charge in [0, 0.05) is 11.8 Å². The molecular weight excluding hydrogens is 372 g/mol. The number of nitrogens with zero attached hydrogens (tertiary/aromatic N) is 2. The zero-order valence-electron chi connectivity index (χ0n) is 16.7. The van der Waals surface area contributed by atoms with E-state index < -0.39 is 53.6 Å². The van der Waals surface area contributed by atoms with Gasteiger partial charge in [0.15, 0.2) is 0 Å². The molecule has 0 bridgehead atoms. The Bertz CT molecular complexity index is 865. The lowest BCUT2D eigenvalue weighted by molar-refractivity contribution is -0.152. The number of ether oxygens (including phenoxy) is 1. The molecule has 0 aliphatic carbocycles. The fourth-order valence-electron chi connectivity index (χ4n) is 2.40. The van der Waals surface area contributed by atoms with Gasteiger partial charge < -0.3 is 20.1 Å². The molecule has 0 aliphatic rings. The van der Waals surface area contributed by atoms with Crippen molar-refractivity contribution in [3.8, 4) is 0 Å². The second-order valence-electron chi connectivity index (χ2n) is 7.34. The topological polar surface area (TPSA) is 151 Å². The number of aromatic amines is 1. The van der Waals surface area contributed by atoms with Gasteiger partial charge in [-0.2, -0.15) is 0 Å². The van der Waals surface area contributed by atoms with Crippen molar-refractivity contribution >= 4 is 18.0 Å². The van der Waals surface area contributed by atoms with Crippen molar-refractivity contribution in [1.29, 1.82) is 0 Å². The number of carbonyl (C=O) groups excluding carboxylic acids is 2. The van der Waals surface area contributed by atoms with Crippen LogP contribution in [0.25, 0.3) is 0 Å². The molecule has 0 radical (unpaired) electrons. The molecule has 1 rings (SSSR count). The first-order valence-corrected chi connectivity index (χ1v) is 8.56. The van der Waals surface area contributed by atoms with Crippen molar-refractivity contribution in [2.45, 2.75) is 65.9 Å². The molecular formula is C17H26N4O7. The van der Waals surface area contributed by atoms with Crippen LogP contribution < -0.4 is 16.6 Å². The van der Waals surface area contributed by atoms with Crippen LogP contribution in [0.4, 0.5) is 4.79 Å². The summed E-state index contributed by atoms with van der Waals surface area (Å²) < 4.78 is 6.07. The number of H-pyrrole nitrogens is 1. The minimum absolute atomic E-state index is 0.213. The van der Waals surface area contributed by atoms with Gasteiger partial charge in [0.2, 0.25) is 5.91 Å². The lowest BCUT2D eigenvalue weighted by atomic mass is 10.2. The van der Waals surface area contributed by atoms with Crippen LogP contribution in [0.5, 0.6) is 0 Å². The van der Waals surface area contributed by atoms with Gasteiger partial charge in [-0.25, -0.2) is 14.4 Å². The summed E-state index contributed by atoms with van der Waals surface area (Å²) in [6, 6.07) is -1.29. The Labute approximate surface area is 161 Å². The van der Waals surface area contributed by atoms with E-state index >= 15 is 0 Å². The van der Waals surface area contributed by atoms with Crippen molar-refractivity contribution < 1.29 is 24.2 Å². The molecule has 0 aliphatic heterocycles. The van der Waals surface area contributed by atoms with Gasteiger partial charge in [0.05, 0.1) is 0 Å². The van der Waals surface area contributed by atoms with Crippen LogP contribution in [0.15, 0.2) is 15.8 Å². The number of hydrogen-bond donors (Lipinski definition) is 3. The molecule has 1 aromatic heterocycles. The average Bonchev–Trinajstić information content (AvgIpc) is 2.50. The van der Waals surface area contributed by atoms with Crippen LogP contribution >= 0.6 is 0 Å². The summed E-state index contributed by atoms with van der Waals surface area (Å²) in [6.45, 7) is 8.61. The van der Waals surface area contributed by atoms with E-state index in [9.17, 15) is 29.1 Å². The molecule has 0 spiro atoms. The van der Waals surface area contributed by atoms with E-state index in [-0.39, 0.29) is 5.56 Å². The Morgan fingerprint density at radius 1 is 1.29 bits per heavy atom. The van der Waals surface area contributed by atoms with Crippen molar-refractivity contribution in [1.82, 2.24) is 19.8 Å². The number of amides is 2. The predicted molar refractivity (Wildman–Crippen MR) is 98.8 cm³/mol. The van der Waals surface area contributed by atoms with Gasteiger partial charge in [0.25, 0.3) is 5.56 Å². The standard InChI is InChI=1S/C17H26N4O7/c1-9-7-20(15(26)19-13(9)23)8-12(22)21(10(2)14(24)25)11(3)18-16(27)28-17(4,5)6/h7,10-11H,8H2,1-6H3,(H,18,27)(H,24,25)(H,19,23,26)/t10-,11?/m0/s1. The lowest BCUT2D eigenvalue weighted by Crippen LogP contribution is -2.56. The van der Waals surface area contributed by atoms with E-state index in [2.05, 4.69) is 10.3 Å². The molecule has 11 nitrogen and oxygen atoms in total. The molecule has 0 saturated heterocycles. The number of nitrogens with one attached hydrogen (secondary N) is 2. The molecule has 0 saturated carbocycles. The van der Waals surface area contributed by atoms with Gasteiger partial charge in [-0.05, 0) is 41.5 Å². The normalized spacial score (nSPS) is 13.4. The van der Waals surface area contributed by atoms with E-state index in [1.54, 1.807) is 20.8 Å². The highest BCUT2D eigenvalue weighted by Gasteiger charge is 2.32. The third kappa shape index (κ3) is 6.25. The molecule has 3 N–H and O–H groups in total. The summed E-state index contributed by atoms with van der Waals surface area (Å²) in [4.78, 5) is 62.5. The fourth-order valence-corrected chi connectivity index (χ4v) is 2.40. The molecule has 2 amide bonds. The molecule has 1 heterocycles. The van der Waals surface area contributed by atoms with E-state index in [1.807, 2.05) is 0 Å². The Hall–Kier alpha value is -3.11. The average molecular weight is 398 g/mol. The third-order valence-corrected chi connectivity index (χ3v) is 3.70. The summed E-state index contributed by atoms with van der Waals surface area (Å²) in [7, 11) is 0. The fraction of sp³-hybridized carbons (Fsp3) is 0.588. The number of alkyl carbamates (subject to hydrolysis) is 1. The number of aryl methyl sites for hydroxylation is 1. The van der Waals surface area contributed by atoms with Crippen molar-refractivity contribution in [3.05, 3.63) is 32.6 Å². The maximum Gasteiger partial charge on any atom is 0.409 e. The maximum atomic E-state index is 12.7. The van der Waals surface area contributed by atoms with Gasteiger partial charge in [-0.1, -0.05) is 0 Å². The lowest BCUT2D eigenvalue weighted by Gasteiger charge is -2.33. The zero-order chi connectivity index (χ0) is 21.8. The van der Waals surface area contributed by atoms with Crippen LogP contribution in [0.1, 0.15) is 40.2 Å². The highest BCUT2D eigenvalue weighted by atomic mass is 16.6. The van der Waals surface area contributed by atoms with Crippen LogP contribution in [0.3, 0.4) is 0 Å². The highest BCUT2D eigenvalue weighted by Crippen LogP contribution is 2.10. The van der Waals surface area contributed by atoms with E-state index in [0.717, 1.165) is 9.47 Å². The number of aliphatic carboxylic acids is 1. The molecule has 1 unspecified atom stereocenters. The smallest absolute Gasteiger partial charge is 0.409 e. The molecule has 0 fully saturated rings. The van der Waals surface area contributed by atoms with E-state index in [4.69, 9.17) is 4.74 Å². The summed E-state index contributed by atoms with van der Waals surface area (Å²) in [5.41, 5.74) is -1.95. The first-order chi connectivity index (χ1) is 12.7. The monoisotopic (exact) mass is 398 g/mol. The Morgan fingerprint density at radius 2 is 1.86 bits per heavy atom. The number of carboxylic acid groups (broad SMARTS) is 1. The first kappa shape index (κ1) is 22.9. The van der Waals surface area contributed by atoms with Gasteiger partial charge in [-0.15, -0.1) is 0 Å². The number of rotatable bonds is 6. The SMILES string of the molecule is Cc1cn(CC(=O)N(C(C)NC(=O)OC(C)(C)C)[C@@H](C)C(=O)O)c(=O)[nH]c1=O. The number of hydrogen-bond acceptors (Lipinski definition) is 6. The molecule has 1 aromatic rings. The summed E-state index contributed by atoms with van der Waals surface area (Å²) in [6.07, 6.45) is -0.658. The maximum absolute atomic E-state index is 12.7. The predicted octanol–water partition coefficient (Wildman–Crippen LogP) is 0.0174. The Morgan fingerprint density at radius 3 is 2.36 bits per heavy atom. The quantitative estimate of drug-likeness (QED) is 0.571. The summed E-state index contributed by atoms with van der Waals surface area (Å²) in [5.74, 6) is -2.04. The van der Waals surface area contributed by atoms with Crippen LogP contribution in [-0.4, -0.2) is 55.3 Å². The van der Waals surface area contributed by atoms with Gasteiger partial charge >= 0.3 is 17.8 Å². The molecule has 2 atom stereocenters. The number of aromatic nitrogens is 2. The first-order valence-electron chi connectivity index (χ1n) is 8.56. The van der Waals surface area contributed by atoms with Crippen molar-refractivity contribution in [2.24, 2.45) is 0 Å². The third-order valence-electron chi connectivity index (χ3n) is 3.70.